The molecule has 0 atom stereocenters. The standard InChI is InChI=1S/C32H18Cl2N2O7S/c33-16-8-12-24-22(14-16)35-20-10-11-21(29-28(20)30(37)18-4-1-2-5-19(18)31(29)38)36-23-15-17(34)9-13-25(23)43-32-26(42-24)6-3-7-27(32)44(39,40)41/h1-15,35-36H,(H,39,40,41). The number of aromatic amines is 2. The van der Waals surface area contributed by atoms with Crippen LogP contribution in [-0.4, -0.2) is 22.9 Å². The quantitative estimate of drug-likeness (QED) is 0.121. The van der Waals surface area contributed by atoms with Gasteiger partial charge < -0.3 is 18.8 Å². The second-order valence-corrected chi connectivity index (χ2v) is 12.2. The first-order chi connectivity index (χ1) is 21.1. The highest BCUT2D eigenvalue weighted by Crippen LogP contribution is 2.28. The Hall–Kier alpha value is -4.87. The minimum absolute atomic E-state index is 0.0560. The molecule has 44 heavy (non-hydrogen) atoms. The smallest absolute Gasteiger partial charge is 0.298 e. The van der Waals surface area contributed by atoms with E-state index in [0.717, 1.165) is 0 Å². The number of halogens is 2. The van der Waals surface area contributed by atoms with Gasteiger partial charge in [0.25, 0.3) is 10.1 Å². The maximum absolute atomic E-state index is 14.0. The first-order valence-electron chi connectivity index (χ1n) is 13.0. The van der Waals surface area contributed by atoms with Gasteiger partial charge in [-0.05, 0) is 60.7 Å². The number of rotatable bonds is 1. The van der Waals surface area contributed by atoms with Gasteiger partial charge in [0.1, 0.15) is 4.90 Å². The summed E-state index contributed by atoms with van der Waals surface area (Å²) < 4.78 is 47.2. The molecule has 0 spiro atoms. The van der Waals surface area contributed by atoms with E-state index >= 15 is 0 Å². The zero-order chi connectivity index (χ0) is 30.7. The number of fused-ring (bicyclic) bond motifs is 2. The Labute approximate surface area is 256 Å². The molecule has 12 heteroatoms. The van der Waals surface area contributed by atoms with Crippen molar-refractivity contribution in [3.63, 3.8) is 0 Å². The maximum atomic E-state index is 14.0. The fourth-order valence-electron chi connectivity index (χ4n) is 5.21. The van der Waals surface area contributed by atoms with Crippen molar-refractivity contribution in [2.45, 2.75) is 4.90 Å². The largest absolute Gasteiger partial charge is 0.451 e. The van der Waals surface area contributed by atoms with Crippen LogP contribution in [0.1, 0.15) is 0 Å². The highest BCUT2D eigenvalue weighted by atomic mass is 35.5. The van der Waals surface area contributed by atoms with Crippen LogP contribution in [0.2, 0.25) is 10.0 Å². The molecule has 0 aliphatic carbocycles. The molecule has 2 bridgehead atoms. The molecule has 0 amide bonds. The molecular formula is C32H18Cl2N2O7S. The van der Waals surface area contributed by atoms with E-state index in [1.807, 2.05) is 0 Å². The third-order valence-electron chi connectivity index (χ3n) is 7.15. The normalized spacial score (nSPS) is 11.9. The third kappa shape index (κ3) is 4.74. The summed E-state index contributed by atoms with van der Waals surface area (Å²) >= 11 is 12.7. The highest BCUT2D eigenvalue weighted by Gasteiger charge is 2.18. The van der Waals surface area contributed by atoms with Gasteiger partial charge in [0.05, 0.1) is 32.8 Å². The Balaban J connectivity index is 1.87. The van der Waals surface area contributed by atoms with Crippen LogP contribution in [0.25, 0.3) is 65.9 Å². The summed E-state index contributed by atoms with van der Waals surface area (Å²) in [6, 6.07) is 23.0. The van der Waals surface area contributed by atoms with E-state index < -0.39 is 15.0 Å². The molecule has 0 saturated heterocycles. The summed E-state index contributed by atoms with van der Waals surface area (Å²) in [4.78, 5) is 33.7. The number of para-hydroxylation sites is 1. The molecule has 3 N–H and O–H groups in total. The van der Waals surface area contributed by atoms with Crippen molar-refractivity contribution in [3.8, 4) is 0 Å². The fraction of sp³-hybridized carbons (Fsp3) is 0. The molecule has 0 unspecified atom stereocenters. The second kappa shape index (κ2) is 10.4. The Morgan fingerprint density at radius 1 is 0.591 bits per heavy atom. The van der Waals surface area contributed by atoms with Crippen LogP contribution >= 0.6 is 23.2 Å². The van der Waals surface area contributed by atoms with E-state index in [0.29, 0.717) is 21.1 Å². The summed E-state index contributed by atoms with van der Waals surface area (Å²) in [6.07, 6.45) is 0. The van der Waals surface area contributed by atoms with Gasteiger partial charge >= 0.3 is 0 Å². The lowest BCUT2D eigenvalue weighted by Gasteiger charge is -2.07. The van der Waals surface area contributed by atoms with Crippen LogP contribution in [0, 0.1) is 0 Å². The summed E-state index contributed by atoms with van der Waals surface area (Å²) in [7, 11) is -4.78. The lowest BCUT2D eigenvalue weighted by molar-refractivity contribution is 0.481. The monoisotopic (exact) mass is 644 g/mol. The predicted molar refractivity (Wildman–Crippen MR) is 172 cm³/mol. The van der Waals surface area contributed by atoms with E-state index in [9.17, 15) is 22.6 Å². The lowest BCUT2D eigenvalue weighted by Crippen LogP contribution is -2.13. The topological polar surface area (TPSA) is 146 Å². The minimum atomic E-state index is -4.78. The Morgan fingerprint density at radius 3 is 1.64 bits per heavy atom. The van der Waals surface area contributed by atoms with Crippen LogP contribution in [0.5, 0.6) is 0 Å². The second-order valence-electron chi connectivity index (χ2n) is 9.91. The first kappa shape index (κ1) is 27.9. The Morgan fingerprint density at radius 2 is 1.11 bits per heavy atom. The van der Waals surface area contributed by atoms with Gasteiger partial charge in [-0.25, -0.2) is 0 Å². The Kier molecular flexibility index (Phi) is 6.60. The molecule has 0 radical (unpaired) electrons. The zero-order valence-corrected chi connectivity index (χ0v) is 24.5. The fourth-order valence-corrected chi connectivity index (χ4v) is 6.18. The van der Waals surface area contributed by atoms with Crippen LogP contribution in [0.3, 0.4) is 0 Å². The molecule has 0 aliphatic heterocycles. The number of H-pyrrole nitrogens is 2. The van der Waals surface area contributed by atoms with E-state index in [1.54, 1.807) is 54.6 Å². The van der Waals surface area contributed by atoms with Gasteiger partial charge in [-0.3, -0.25) is 14.1 Å². The van der Waals surface area contributed by atoms with Crippen molar-refractivity contribution in [1.82, 2.24) is 9.97 Å². The molecule has 8 aromatic rings. The third-order valence-corrected chi connectivity index (χ3v) is 8.50. The first-order valence-corrected chi connectivity index (χ1v) is 15.2. The van der Waals surface area contributed by atoms with Gasteiger partial charge in [0, 0.05) is 20.8 Å². The lowest BCUT2D eigenvalue weighted by atomic mass is 10.0. The predicted octanol–water partition coefficient (Wildman–Crippen LogP) is 7.97. The van der Waals surface area contributed by atoms with Crippen molar-refractivity contribution in [2.24, 2.45) is 0 Å². The minimum Gasteiger partial charge on any atom is -0.451 e. The van der Waals surface area contributed by atoms with Crippen molar-refractivity contribution in [2.75, 3.05) is 0 Å². The molecule has 2 aromatic heterocycles. The zero-order valence-electron chi connectivity index (χ0n) is 22.2. The Bertz CT molecular complexity index is 2720. The van der Waals surface area contributed by atoms with Gasteiger partial charge in [0.15, 0.2) is 33.2 Å². The van der Waals surface area contributed by atoms with Crippen molar-refractivity contribution >= 4 is 99.3 Å². The molecular weight excluding hydrogens is 627 g/mol. The van der Waals surface area contributed by atoms with Gasteiger partial charge in [-0.2, -0.15) is 8.42 Å². The highest BCUT2D eigenvalue weighted by molar-refractivity contribution is 7.86. The molecule has 6 aromatic carbocycles. The number of hydrogen-bond acceptors (Lipinski definition) is 6. The summed E-state index contributed by atoms with van der Waals surface area (Å²) in [5.41, 5.74) is 0.232. The van der Waals surface area contributed by atoms with Crippen molar-refractivity contribution < 1.29 is 21.8 Å². The van der Waals surface area contributed by atoms with E-state index in [1.165, 1.54) is 36.4 Å². The van der Waals surface area contributed by atoms with E-state index in [4.69, 9.17) is 32.0 Å². The van der Waals surface area contributed by atoms with Gasteiger partial charge in [0.2, 0.25) is 0 Å². The molecule has 0 saturated carbocycles. The maximum Gasteiger partial charge on any atom is 0.298 e. The average Bonchev–Trinajstić information content (AvgIpc) is 2.99. The van der Waals surface area contributed by atoms with E-state index in [2.05, 4.69) is 9.97 Å². The van der Waals surface area contributed by atoms with Crippen LogP contribution in [0.4, 0.5) is 0 Å². The SMILES string of the molecule is O=c1c2ccccc2c(=O)c2c3ccc([nH]c4cc(Cl)ccc4oc4cccc(S(=O)(=O)O)c4oc4ccc(Cl)cc4[nH]3)c12. The molecule has 0 fully saturated rings. The number of hydrogen-bond donors (Lipinski definition) is 3. The number of aromatic nitrogens is 2. The van der Waals surface area contributed by atoms with Crippen LogP contribution in [0.15, 0.2) is 114 Å². The molecule has 8 rings (SSSR count). The van der Waals surface area contributed by atoms with Crippen molar-refractivity contribution in [1.29, 1.82) is 0 Å². The van der Waals surface area contributed by atoms with Crippen LogP contribution < -0.4 is 10.9 Å². The molecule has 218 valence electrons. The summed E-state index contributed by atoms with van der Waals surface area (Å²) in [6.45, 7) is 0. The molecule has 2 heterocycles. The van der Waals surface area contributed by atoms with Crippen molar-refractivity contribution in [3.05, 3.63) is 121 Å². The van der Waals surface area contributed by atoms with Crippen LogP contribution in [-0.2, 0) is 10.1 Å². The van der Waals surface area contributed by atoms with Gasteiger partial charge in [-0.1, -0.05) is 53.5 Å². The van der Waals surface area contributed by atoms with Gasteiger partial charge in [-0.15, -0.1) is 0 Å². The summed E-state index contributed by atoms with van der Waals surface area (Å²) in [5, 5.41) is 1.35. The molecule has 0 aliphatic rings. The average molecular weight is 645 g/mol. The summed E-state index contributed by atoms with van der Waals surface area (Å²) in [5.74, 6) is 0. The number of benzene rings is 6. The number of nitrogens with one attached hydrogen (secondary N) is 2. The molecule has 9 nitrogen and oxygen atoms in total. The van der Waals surface area contributed by atoms with E-state index in [-0.39, 0.29) is 65.8 Å².